The van der Waals surface area contributed by atoms with Crippen molar-refractivity contribution in [2.75, 3.05) is 39.1 Å². The number of carbonyl (C=O) groups excluding carboxylic acids is 3. The Morgan fingerprint density at radius 3 is 2.42 bits per heavy atom. The summed E-state index contributed by atoms with van der Waals surface area (Å²) in [5.41, 5.74) is -1.58. The fraction of sp³-hybridized carbons (Fsp3) is 0.628. The number of anilines is 1. The molecule has 16 heteroatoms. The van der Waals surface area contributed by atoms with Gasteiger partial charge >= 0.3 is 12.1 Å². The molecule has 1 unspecified atom stereocenters. The minimum absolute atomic E-state index is 0.00139. The molecule has 4 fully saturated rings. The standard InChI is InChI=1S/C43H60N8O8/c1-9-27-22-43(27,40(54)55)47-38(52)33-20-30(23-50(33)39(53)37(42(4,5)6)46-41(56)59-29-17-25-16-26(25)18-29)58-34-21-36(51-13-12-35(48-51)44-24(2)3)45-32-19-28(10-11-31(32)34)57-15-14-49(7)8/h10-13,19,21,24-27,29-30,33,37H,9,14-18,20,22-23H2,1-8H3,(H,44,48)(H,46,56)(H,47,52)(H,54,55)/t25-,26+,27-,29?,30-,33+,37-,43-/m1/s1. The first-order chi connectivity index (χ1) is 27.9. The Morgan fingerprint density at radius 1 is 1.03 bits per heavy atom. The number of nitrogens with zero attached hydrogens (tertiary/aromatic N) is 5. The van der Waals surface area contributed by atoms with Gasteiger partial charge in [-0.25, -0.2) is 19.3 Å². The van der Waals surface area contributed by atoms with Crippen LogP contribution in [0.25, 0.3) is 16.7 Å². The number of ether oxygens (including phenoxy) is 3. The number of carboxylic acid groups (broad SMARTS) is 1. The molecule has 0 bridgehead atoms. The van der Waals surface area contributed by atoms with Gasteiger partial charge in [0.25, 0.3) is 0 Å². The molecule has 320 valence electrons. The number of likely N-dealkylation sites (N-methyl/N-ethyl adjacent to an activating group) is 1. The summed E-state index contributed by atoms with van der Waals surface area (Å²) in [4.78, 5) is 63.1. The van der Waals surface area contributed by atoms with E-state index in [2.05, 4.69) is 21.0 Å². The van der Waals surface area contributed by atoms with Crippen LogP contribution in [-0.2, 0) is 19.1 Å². The lowest BCUT2D eigenvalue weighted by Gasteiger charge is -2.35. The second kappa shape index (κ2) is 16.5. The van der Waals surface area contributed by atoms with Crippen molar-refractivity contribution in [3.05, 3.63) is 36.5 Å². The number of carbonyl (C=O) groups is 4. The quantitative estimate of drug-likeness (QED) is 0.154. The number of hydrogen-bond acceptors (Lipinski definition) is 11. The summed E-state index contributed by atoms with van der Waals surface area (Å²) < 4.78 is 20.2. The van der Waals surface area contributed by atoms with E-state index in [0.717, 1.165) is 19.4 Å². The number of likely N-dealkylation sites (tertiary alicyclic amines) is 1. The van der Waals surface area contributed by atoms with Crippen molar-refractivity contribution in [3.63, 3.8) is 0 Å². The zero-order chi connectivity index (χ0) is 42.4. The van der Waals surface area contributed by atoms with Gasteiger partial charge in [-0.3, -0.25) is 9.59 Å². The first kappa shape index (κ1) is 42.0. The third kappa shape index (κ3) is 9.37. The predicted octanol–water partition coefficient (Wildman–Crippen LogP) is 4.84. The van der Waals surface area contributed by atoms with Crippen molar-refractivity contribution < 1.29 is 38.5 Å². The molecule has 7 rings (SSSR count). The molecule has 3 amide bonds. The highest BCUT2D eigenvalue weighted by atomic mass is 16.6. The fourth-order valence-electron chi connectivity index (χ4n) is 8.66. The summed E-state index contributed by atoms with van der Waals surface area (Å²) in [5.74, 6) is 1.07. The number of fused-ring (bicyclic) bond motifs is 2. The van der Waals surface area contributed by atoms with Crippen molar-refractivity contribution in [1.29, 1.82) is 0 Å². The molecule has 3 aliphatic carbocycles. The molecule has 4 N–H and O–H groups in total. The Balaban J connectivity index is 1.19. The van der Waals surface area contributed by atoms with E-state index in [9.17, 15) is 24.3 Å². The van der Waals surface area contributed by atoms with E-state index < -0.39 is 53.0 Å². The van der Waals surface area contributed by atoms with Gasteiger partial charge in [-0.1, -0.05) is 34.1 Å². The van der Waals surface area contributed by atoms with Crippen molar-refractivity contribution in [1.82, 2.24) is 35.2 Å². The highest BCUT2D eigenvalue weighted by Crippen LogP contribution is 2.52. The molecule has 1 saturated heterocycles. The van der Waals surface area contributed by atoms with Crippen LogP contribution in [0.15, 0.2) is 36.5 Å². The number of pyridine rings is 1. The molecule has 3 saturated carbocycles. The van der Waals surface area contributed by atoms with E-state index in [4.69, 9.17) is 19.2 Å². The molecule has 3 heterocycles. The molecule has 2 aromatic heterocycles. The highest BCUT2D eigenvalue weighted by molar-refractivity contribution is 5.96. The number of nitrogens with one attached hydrogen (secondary N) is 3. The summed E-state index contributed by atoms with van der Waals surface area (Å²) in [7, 11) is 3.95. The molecule has 1 aromatic carbocycles. The molecule has 16 nitrogen and oxygen atoms in total. The Bertz CT molecular complexity index is 2050. The van der Waals surface area contributed by atoms with Gasteiger partial charge in [0.05, 0.1) is 12.1 Å². The van der Waals surface area contributed by atoms with Gasteiger partial charge < -0.3 is 45.1 Å². The highest BCUT2D eigenvalue weighted by Gasteiger charge is 2.61. The monoisotopic (exact) mass is 816 g/mol. The summed E-state index contributed by atoms with van der Waals surface area (Å²) in [6, 6.07) is 7.24. The third-order valence-corrected chi connectivity index (χ3v) is 12.1. The van der Waals surface area contributed by atoms with E-state index in [1.807, 2.05) is 84.8 Å². The summed E-state index contributed by atoms with van der Waals surface area (Å²) in [6.07, 6.45) is 4.05. The average Bonchev–Trinajstić information content (AvgIpc) is 3.83. The van der Waals surface area contributed by atoms with Gasteiger partial charge in [-0.15, -0.1) is 5.10 Å². The van der Waals surface area contributed by atoms with Gasteiger partial charge in [0.15, 0.2) is 5.82 Å². The van der Waals surface area contributed by atoms with Crippen LogP contribution in [0.1, 0.15) is 80.1 Å². The molecule has 3 aromatic rings. The van der Waals surface area contributed by atoms with Crippen LogP contribution in [0.3, 0.4) is 0 Å². The van der Waals surface area contributed by atoms with Crippen LogP contribution < -0.4 is 25.4 Å². The fourth-order valence-corrected chi connectivity index (χ4v) is 8.66. The van der Waals surface area contributed by atoms with Gasteiger partial charge in [-0.05, 0) is 88.9 Å². The number of rotatable bonds is 16. The first-order valence-electron chi connectivity index (χ1n) is 21.0. The van der Waals surface area contributed by atoms with E-state index in [1.165, 1.54) is 11.3 Å². The van der Waals surface area contributed by atoms with Gasteiger partial charge in [0.2, 0.25) is 11.8 Å². The molecule has 8 atom stereocenters. The minimum atomic E-state index is -1.40. The largest absolute Gasteiger partial charge is 0.492 e. The Labute approximate surface area is 345 Å². The smallest absolute Gasteiger partial charge is 0.408 e. The number of benzene rings is 1. The van der Waals surface area contributed by atoms with Crippen LogP contribution in [0.5, 0.6) is 11.5 Å². The maximum Gasteiger partial charge on any atom is 0.408 e. The first-order valence-corrected chi connectivity index (χ1v) is 21.0. The van der Waals surface area contributed by atoms with Crippen molar-refractivity contribution in [3.8, 4) is 17.3 Å². The number of aliphatic carboxylic acids is 1. The maximum atomic E-state index is 14.7. The molecular weight excluding hydrogens is 757 g/mol. The zero-order valence-corrected chi connectivity index (χ0v) is 35.5. The second-order valence-corrected chi connectivity index (χ2v) is 18.5. The Hall–Kier alpha value is -5.12. The number of amides is 3. The zero-order valence-electron chi connectivity index (χ0n) is 35.5. The average molecular weight is 817 g/mol. The van der Waals surface area contributed by atoms with Crippen molar-refractivity contribution in [2.45, 2.75) is 116 Å². The van der Waals surface area contributed by atoms with Crippen LogP contribution in [0.2, 0.25) is 0 Å². The number of hydrogen-bond donors (Lipinski definition) is 4. The molecule has 0 radical (unpaired) electrons. The lowest BCUT2D eigenvalue weighted by Crippen LogP contribution is -2.59. The van der Waals surface area contributed by atoms with E-state index in [0.29, 0.717) is 65.3 Å². The SMILES string of the molecule is CC[C@@H]1C[C@]1(NC(=O)[C@@H]1C[C@@H](Oc2cc(-n3ccc(NC(C)C)n3)nc3cc(OCCN(C)C)ccc23)CN1C(=O)[C@@H](NC(=O)OC1C[C@@H]2C[C@@H]2C1)C(C)(C)C)C(=O)O. The van der Waals surface area contributed by atoms with Crippen LogP contribution in [0, 0.1) is 23.2 Å². The number of carboxylic acids is 1. The van der Waals surface area contributed by atoms with Crippen LogP contribution >= 0.6 is 0 Å². The second-order valence-electron chi connectivity index (χ2n) is 18.5. The lowest BCUT2D eigenvalue weighted by atomic mass is 9.85. The summed E-state index contributed by atoms with van der Waals surface area (Å²) in [6.45, 7) is 12.7. The van der Waals surface area contributed by atoms with Crippen molar-refractivity contribution >= 4 is 40.6 Å². The maximum absolute atomic E-state index is 14.7. The minimum Gasteiger partial charge on any atom is -0.492 e. The van der Waals surface area contributed by atoms with Gasteiger partial charge in [0.1, 0.15) is 53.8 Å². The Morgan fingerprint density at radius 2 is 1.78 bits per heavy atom. The topological polar surface area (TPSA) is 189 Å². The molecule has 0 spiro atoms. The predicted molar refractivity (Wildman–Crippen MR) is 221 cm³/mol. The lowest BCUT2D eigenvalue weighted by molar-refractivity contribution is -0.146. The molecule has 1 aliphatic heterocycles. The van der Waals surface area contributed by atoms with E-state index >= 15 is 0 Å². The summed E-state index contributed by atoms with van der Waals surface area (Å²) in [5, 5.41) is 24.5. The molecular formula is C43H60N8O8. The van der Waals surface area contributed by atoms with E-state index in [1.54, 1.807) is 16.9 Å². The van der Waals surface area contributed by atoms with Crippen LogP contribution in [0.4, 0.5) is 10.6 Å². The van der Waals surface area contributed by atoms with Crippen LogP contribution in [-0.4, -0.2) is 123 Å². The van der Waals surface area contributed by atoms with Gasteiger partial charge in [-0.2, -0.15) is 0 Å². The van der Waals surface area contributed by atoms with E-state index in [-0.39, 0.29) is 31.0 Å². The van der Waals surface area contributed by atoms with Crippen molar-refractivity contribution in [2.24, 2.45) is 23.2 Å². The number of alkyl carbamates (subject to hydrolysis) is 1. The number of aromatic nitrogens is 3. The summed E-state index contributed by atoms with van der Waals surface area (Å²) >= 11 is 0. The normalized spacial score (nSPS) is 26.4. The van der Waals surface area contributed by atoms with Gasteiger partial charge in [0, 0.05) is 48.8 Å². The Kier molecular flexibility index (Phi) is 11.8. The third-order valence-electron chi connectivity index (χ3n) is 12.1. The molecule has 59 heavy (non-hydrogen) atoms. The molecule has 4 aliphatic rings.